The number of hydrogen-bond acceptors (Lipinski definition) is 3. The van der Waals surface area contributed by atoms with Gasteiger partial charge in [0.05, 0.1) is 5.69 Å². The van der Waals surface area contributed by atoms with Crippen molar-refractivity contribution in [1.29, 1.82) is 0 Å². The number of para-hydroxylation sites is 1. The average molecular weight is 288 g/mol. The Hall–Kier alpha value is -1.85. The van der Waals surface area contributed by atoms with Gasteiger partial charge in [0.25, 0.3) is 0 Å². The lowest BCUT2D eigenvalue weighted by molar-refractivity contribution is 0.598. The van der Waals surface area contributed by atoms with Gasteiger partial charge in [0.2, 0.25) is 10.0 Å². The molecule has 0 aromatic heterocycles. The summed E-state index contributed by atoms with van der Waals surface area (Å²) in [4.78, 5) is 0.152. The van der Waals surface area contributed by atoms with Crippen LogP contribution < -0.4 is 10.5 Å². The third-order valence-electron chi connectivity index (χ3n) is 3.55. The van der Waals surface area contributed by atoms with Gasteiger partial charge in [-0.05, 0) is 24.1 Å². The highest BCUT2D eigenvalue weighted by molar-refractivity contribution is 7.89. The Labute approximate surface area is 118 Å². The smallest absolute Gasteiger partial charge is 0.240 e. The van der Waals surface area contributed by atoms with Crippen molar-refractivity contribution in [1.82, 2.24) is 0 Å². The fraction of sp³-hybridized carbons (Fsp3) is 0.200. The van der Waals surface area contributed by atoms with Crippen molar-refractivity contribution in [2.45, 2.75) is 23.3 Å². The number of anilines is 1. The van der Waals surface area contributed by atoms with E-state index in [-0.39, 0.29) is 10.9 Å². The fourth-order valence-corrected chi connectivity index (χ4v) is 3.16. The topological polar surface area (TPSA) is 72.2 Å². The summed E-state index contributed by atoms with van der Waals surface area (Å²) in [5.41, 5.74) is 1.86. The Kier molecular flexibility index (Phi) is 3.23. The molecular formula is C15H16N2O2S. The number of sulfonamides is 1. The molecule has 2 unspecified atom stereocenters. The van der Waals surface area contributed by atoms with Crippen LogP contribution in [0.4, 0.5) is 5.69 Å². The first-order valence-corrected chi connectivity index (χ1v) is 8.03. The number of benzene rings is 2. The molecule has 20 heavy (non-hydrogen) atoms. The molecule has 104 valence electrons. The molecule has 0 spiro atoms. The number of nitrogens with two attached hydrogens (primary N) is 1. The maximum absolute atomic E-state index is 11.5. The molecule has 3 rings (SSSR count). The van der Waals surface area contributed by atoms with Crippen LogP contribution >= 0.6 is 0 Å². The van der Waals surface area contributed by atoms with E-state index in [1.165, 1.54) is 11.6 Å². The van der Waals surface area contributed by atoms with Gasteiger partial charge < -0.3 is 5.32 Å². The van der Waals surface area contributed by atoms with E-state index in [0.717, 1.165) is 6.42 Å². The monoisotopic (exact) mass is 288 g/mol. The van der Waals surface area contributed by atoms with Gasteiger partial charge in [0, 0.05) is 12.0 Å². The van der Waals surface area contributed by atoms with E-state index in [2.05, 4.69) is 17.4 Å². The number of nitrogens with one attached hydrogen (secondary N) is 1. The molecule has 2 aromatic carbocycles. The molecule has 1 aliphatic carbocycles. The van der Waals surface area contributed by atoms with E-state index < -0.39 is 10.0 Å². The zero-order valence-corrected chi connectivity index (χ0v) is 11.7. The van der Waals surface area contributed by atoms with Gasteiger partial charge in [-0.15, -0.1) is 0 Å². The van der Waals surface area contributed by atoms with Crippen molar-refractivity contribution in [3.05, 3.63) is 60.2 Å². The molecule has 3 N–H and O–H groups in total. The lowest BCUT2D eigenvalue weighted by Gasteiger charge is -2.10. The molecule has 0 bridgehead atoms. The van der Waals surface area contributed by atoms with Crippen molar-refractivity contribution < 1.29 is 8.42 Å². The van der Waals surface area contributed by atoms with E-state index in [1.807, 2.05) is 18.2 Å². The third-order valence-corrected chi connectivity index (χ3v) is 4.52. The van der Waals surface area contributed by atoms with Crippen molar-refractivity contribution in [3.63, 3.8) is 0 Å². The first-order valence-electron chi connectivity index (χ1n) is 6.49. The maximum Gasteiger partial charge on any atom is 0.240 e. The molecule has 5 heteroatoms. The van der Waals surface area contributed by atoms with Gasteiger partial charge in [-0.2, -0.15) is 0 Å². The Balaban J connectivity index is 1.78. The first kappa shape index (κ1) is 13.1. The Morgan fingerprint density at radius 1 is 1.00 bits per heavy atom. The molecular weight excluding hydrogens is 272 g/mol. The second-order valence-corrected chi connectivity index (χ2v) is 6.57. The lowest BCUT2D eigenvalue weighted by atomic mass is 10.1. The van der Waals surface area contributed by atoms with Crippen LogP contribution in [0, 0.1) is 0 Å². The van der Waals surface area contributed by atoms with Crippen LogP contribution in [-0.4, -0.2) is 14.5 Å². The van der Waals surface area contributed by atoms with Crippen molar-refractivity contribution >= 4 is 15.7 Å². The first-order chi connectivity index (χ1) is 9.55. The maximum atomic E-state index is 11.5. The van der Waals surface area contributed by atoms with Crippen LogP contribution in [-0.2, 0) is 10.0 Å². The van der Waals surface area contributed by atoms with Crippen molar-refractivity contribution in [3.8, 4) is 0 Å². The average Bonchev–Trinajstić information content (AvgIpc) is 3.18. The Bertz CT molecular complexity index is 714. The van der Waals surface area contributed by atoms with Crippen LogP contribution in [0.5, 0.6) is 0 Å². The van der Waals surface area contributed by atoms with E-state index in [9.17, 15) is 8.42 Å². The largest absolute Gasteiger partial charge is 0.381 e. The van der Waals surface area contributed by atoms with Gasteiger partial charge in [-0.1, -0.05) is 42.5 Å². The Morgan fingerprint density at radius 3 is 2.35 bits per heavy atom. The molecule has 0 aliphatic heterocycles. The van der Waals surface area contributed by atoms with Gasteiger partial charge >= 0.3 is 0 Å². The zero-order valence-electron chi connectivity index (χ0n) is 10.9. The minimum atomic E-state index is -3.70. The highest BCUT2D eigenvalue weighted by Crippen LogP contribution is 2.43. The molecule has 0 amide bonds. The molecule has 4 nitrogen and oxygen atoms in total. The summed E-state index contributed by atoms with van der Waals surface area (Å²) in [6, 6.07) is 17.2. The number of primary sulfonamides is 1. The van der Waals surface area contributed by atoms with Gasteiger partial charge in [-0.3, -0.25) is 0 Å². The second kappa shape index (κ2) is 4.92. The van der Waals surface area contributed by atoms with Crippen LogP contribution in [0.25, 0.3) is 0 Å². The summed E-state index contributed by atoms with van der Waals surface area (Å²) >= 11 is 0. The molecule has 1 saturated carbocycles. The van der Waals surface area contributed by atoms with Crippen LogP contribution in [0.3, 0.4) is 0 Å². The minimum absolute atomic E-state index is 0.152. The predicted molar refractivity (Wildman–Crippen MR) is 79.0 cm³/mol. The lowest BCUT2D eigenvalue weighted by Crippen LogP contribution is -2.16. The zero-order chi connectivity index (χ0) is 14.2. The molecule has 1 aliphatic rings. The summed E-state index contributed by atoms with van der Waals surface area (Å²) in [6.07, 6.45) is 1.00. The summed E-state index contributed by atoms with van der Waals surface area (Å²) < 4.78 is 23.1. The van der Waals surface area contributed by atoms with E-state index in [0.29, 0.717) is 11.6 Å². The molecule has 2 aromatic rings. The number of rotatable bonds is 4. The highest BCUT2D eigenvalue weighted by atomic mass is 32.2. The molecule has 1 fully saturated rings. The third kappa shape index (κ3) is 2.69. The van der Waals surface area contributed by atoms with Gasteiger partial charge in [-0.25, -0.2) is 13.6 Å². The van der Waals surface area contributed by atoms with E-state index >= 15 is 0 Å². The molecule has 0 radical (unpaired) electrons. The number of hydrogen-bond donors (Lipinski definition) is 2. The standard InChI is InChI=1S/C15H16N2O2S/c16-20(18,19)15-9-5-4-8-13(15)17-14-10-12(14)11-6-2-1-3-7-11/h1-9,12,14,17H,10H2,(H2,16,18,19). The normalized spacial score (nSPS) is 21.4. The SMILES string of the molecule is NS(=O)(=O)c1ccccc1NC1CC1c1ccccc1. The summed E-state index contributed by atoms with van der Waals surface area (Å²) in [5, 5.41) is 8.51. The summed E-state index contributed by atoms with van der Waals surface area (Å²) in [6.45, 7) is 0. The van der Waals surface area contributed by atoms with Crippen molar-refractivity contribution in [2.75, 3.05) is 5.32 Å². The summed E-state index contributed by atoms with van der Waals surface area (Å²) in [7, 11) is -3.70. The molecule has 0 heterocycles. The summed E-state index contributed by atoms with van der Waals surface area (Å²) in [5.74, 6) is 0.435. The predicted octanol–water partition coefficient (Wildman–Crippen LogP) is 2.30. The van der Waals surface area contributed by atoms with Crippen LogP contribution in [0.1, 0.15) is 17.9 Å². The molecule has 0 saturated heterocycles. The van der Waals surface area contributed by atoms with E-state index in [1.54, 1.807) is 18.2 Å². The molecule has 2 atom stereocenters. The van der Waals surface area contributed by atoms with Crippen LogP contribution in [0.2, 0.25) is 0 Å². The van der Waals surface area contributed by atoms with Gasteiger partial charge in [0.15, 0.2) is 0 Å². The van der Waals surface area contributed by atoms with E-state index in [4.69, 9.17) is 5.14 Å². The van der Waals surface area contributed by atoms with Crippen LogP contribution in [0.15, 0.2) is 59.5 Å². The fourth-order valence-electron chi connectivity index (χ4n) is 2.46. The second-order valence-electron chi connectivity index (χ2n) is 5.04. The Morgan fingerprint density at radius 2 is 1.65 bits per heavy atom. The van der Waals surface area contributed by atoms with Gasteiger partial charge in [0.1, 0.15) is 4.90 Å². The highest BCUT2D eigenvalue weighted by Gasteiger charge is 2.38. The van der Waals surface area contributed by atoms with Crippen molar-refractivity contribution in [2.24, 2.45) is 5.14 Å². The quantitative estimate of drug-likeness (QED) is 0.906. The minimum Gasteiger partial charge on any atom is -0.381 e.